The first kappa shape index (κ1) is 10.1. The van der Waals surface area contributed by atoms with Crippen molar-refractivity contribution < 1.29 is 9.18 Å². The Morgan fingerprint density at radius 3 is 2.86 bits per heavy atom. The number of nitrogens with zero attached hydrogens (tertiary/aromatic N) is 1. The average Bonchev–Trinajstić information content (AvgIpc) is 2.18. The summed E-state index contributed by atoms with van der Waals surface area (Å²) in [5.41, 5.74) is 0.686. The second-order valence-corrected chi connectivity index (χ2v) is 2.66. The van der Waals surface area contributed by atoms with Gasteiger partial charge in [-0.3, -0.25) is 4.79 Å². The van der Waals surface area contributed by atoms with Gasteiger partial charge in [0.25, 0.3) is 0 Å². The molecule has 0 aliphatic rings. The molecule has 0 atom stereocenters. The van der Waals surface area contributed by atoms with Crippen LogP contribution in [0.3, 0.4) is 0 Å². The van der Waals surface area contributed by atoms with Crippen LogP contribution in [0.1, 0.15) is 22.3 Å². The largest absolute Gasteiger partial charge is 0.298 e. The van der Waals surface area contributed by atoms with Gasteiger partial charge in [-0.15, -0.1) is 0 Å². The Kier molecular flexibility index (Phi) is 3.57. The highest BCUT2D eigenvalue weighted by atomic mass is 19.1. The fraction of sp³-hybridized carbons (Fsp3) is 0.0909. The van der Waals surface area contributed by atoms with Crippen LogP contribution in [0.15, 0.2) is 24.3 Å². The van der Waals surface area contributed by atoms with E-state index in [0.29, 0.717) is 11.8 Å². The van der Waals surface area contributed by atoms with Gasteiger partial charge in [0, 0.05) is 0 Å². The molecule has 0 amide bonds. The molecule has 0 unspecified atom stereocenters. The molecule has 70 valence electrons. The second kappa shape index (κ2) is 4.93. The summed E-state index contributed by atoms with van der Waals surface area (Å²) in [5, 5.41) is 8.26. The van der Waals surface area contributed by atoms with Crippen molar-refractivity contribution in [2.24, 2.45) is 0 Å². The molecule has 0 fully saturated rings. The predicted molar refractivity (Wildman–Crippen MR) is 51.1 cm³/mol. The molecule has 0 heterocycles. The predicted octanol–water partition coefficient (Wildman–Crippen LogP) is 2.57. The van der Waals surface area contributed by atoms with E-state index in [1.54, 1.807) is 18.2 Å². The number of aldehydes is 1. The third-order valence-corrected chi connectivity index (χ3v) is 1.67. The molecule has 0 spiro atoms. The Morgan fingerprint density at radius 1 is 1.50 bits per heavy atom. The summed E-state index contributed by atoms with van der Waals surface area (Å²) in [4.78, 5) is 10.3. The van der Waals surface area contributed by atoms with Crippen LogP contribution >= 0.6 is 0 Å². The number of allylic oxidation sites excluding steroid dienone is 1. The van der Waals surface area contributed by atoms with Crippen LogP contribution in [0.25, 0.3) is 6.08 Å². The van der Waals surface area contributed by atoms with E-state index in [0.717, 1.165) is 0 Å². The molecule has 0 radical (unpaired) electrons. The zero-order valence-corrected chi connectivity index (χ0v) is 7.40. The third kappa shape index (κ3) is 2.53. The number of hydrogen-bond donors (Lipinski definition) is 0. The van der Waals surface area contributed by atoms with E-state index in [1.807, 2.05) is 6.07 Å². The van der Waals surface area contributed by atoms with Gasteiger partial charge in [-0.05, 0) is 17.7 Å². The van der Waals surface area contributed by atoms with E-state index in [1.165, 1.54) is 12.1 Å². The number of rotatable bonds is 3. The van der Waals surface area contributed by atoms with Gasteiger partial charge in [-0.25, -0.2) is 4.39 Å². The van der Waals surface area contributed by atoms with Crippen molar-refractivity contribution in [3.05, 3.63) is 41.2 Å². The number of carbonyl (C=O) groups excluding carboxylic acids is 1. The molecule has 0 bridgehead atoms. The van der Waals surface area contributed by atoms with Gasteiger partial charge < -0.3 is 0 Å². The molecular formula is C11H8FNO. The molecule has 0 aromatic heterocycles. The van der Waals surface area contributed by atoms with E-state index in [4.69, 9.17) is 5.26 Å². The van der Waals surface area contributed by atoms with Crippen molar-refractivity contribution in [3.8, 4) is 6.07 Å². The summed E-state index contributed by atoms with van der Waals surface area (Å²) < 4.78 is 13.0. The molecule has 0 saturated carbocycles. The van der Waals surface area contributed by atoms with Gasteiger partial charge in [0.2, 0.25) is 0 Å². The topological polar surface area (TPSA) is 40.9 Å². The van der Waals surface area contributed by atoms with Gasteiger partial charge in [0.1, 0.15) is 5.82 Å². The molecule has 1 aromatic carbocycles. The highest BCUT2D eigenvalue weighted by Gasteiger charge is 1.99. The van der Waals surface area contributed by atoms with E-state index >= 15 is 0 Å². The summed E-state index contributed by atoms with van der Waals surface area (Å²) in [7, 11) is 0. The number of carbonyl (C=O) groups is 1. The smallest absolute Gasteiger partial charge is 0.152 e. The molecule has 0 N–H and O–H groups in total. The molecule has 1 rings (SSSR count). The first-order valence-electron chi connectivity index (χ1n) is 4.06. The Morgan fingerprint density at radius 2 is 2.29 bits per heavy atom. The number of halogens is 1. The van der Waals surface area contributed by atoms with Crippen LogP contribution < -0.4 is 0 Å². The lowest BCUT2D eigenvalue weighted by Gasteiger charge is -1.96. The zero-order chi connectivity index (χ0) is 10.4. The molecule has 14 heavy (non-hydrogen) atoms. The Labute approximate surface area is 81.3 Å². The molecule has 1 aromatic rings. The van der Waals surface area contributed by atoms with Gasteiger partial charge >= 0.3 is 0 Å². The molecule has 0 aliphatic carbocycles. The quantitative estimate of drug-likeness (QED) is 0.685. The summed E-state index contributed by atoms with van der Waals surface area (Å²) in [6, 6.07) is 6.24. The molecular weight excluding hydrogens is 181 g/mol. The molecule has 0 saturated heterocycles. The van der Waals surface area contributed by atoms with E-state index in [2.05, 4.69) is 0 Å². The maximum absolute atomic E-state index is 13.0. The van der Waals surface area contributed by atoms with Crippen molar-refractivity contribution in [2.45, 2.75) is 6.42 Å². The zero-order valence-electron chi connectivity index (χ0n) is 7.40. The average molecular weight is 189 g/mol. The fourth-order valence-electron chi connectivity index (χ4n) is 0.990. The lowest BCUT2D eigenvalue weighted by molar-refractivity contribution is 0.112. The number of benzene rings is 1. The molecule has 2 nitrogen and oxygen atoms in total. The van der Waals surface area contributed by atoms with Gasteiger partial charge in [0.05, 0.1) is 18.1 Å². The Balaban J connectivity index is 2.87. The minimum Gasteiger partial charge on any atom is -0.298 e. The van der Waals surface area contributed by atoms with Gasteiger partial charge in [-0.1, -0.05) is 18.2 Å². The van der Waals surface area contributed by atoms with Crippen molar-refractivity contribution in [1.82, 2.24) is 0 Å². The van der Waals surface area contributed by atoms with Crippen molar-refractivity contribution in [2.75, 3.05) is 0 Å². The first-order valence-corrected chi connectivity index (χ1v) is 4.06. The van der Waals surface area contributed by atoms with Crippen LogP contribution in [0.4, 0.5) is 4.39 Å². The van der Waals surface area contributed by atoms with Crippen LogP contribution in [-0.4, -0.2) is 6.29 Å². The van der Waals surface area contributed by atoms with Gasteiger partial charge in [0.15, 0.2) is 6.29 Å². The first-order chi connectivity index (χ1) is 6.77. The summed E-state index contributed by atoms with van der Waals surface area (Å²) in [5.74, 6) is -0.542. The van der Waals surface area contributed by atoms with Crippen LogP contribution in [0.2, 0.25) is 0 Å². The summed E-state index contributed by atoms with van der Waals surface area (Å²) in [6.07, 6.45) is 4.03. The summed E-state index contributed by atoms with van der Waals surface area (Å²) in [6.45, 7) is 0. The molecule has 0 aliphatic heterocycles. The minimum absolute atomic E-state index is 0.0439. The summed E-state index contributed by atoms with van der Waals surface area (Å²) >= 11 is 0. The van der Waals surface area contributed by atoms with Crippen molar-refractivity contribution in [1.29, 1.82) is 5.26 Å². The Hall–Kier alpha value is -1.95. The van der Waals surface area contributed by atoms with Crippen LogP contribution in [-0.2, 0) is 0 Å². The maximum Gasteiger partial charge on any atom is 0.152 e. The second-order valence-electron chi connectivity index (χ2n) is 2.66. The minimum atomic E-state index is -0.542. The lowest BCUT2D eigenvalue weighted by Crippen LogP contribution is -1.87. The van der Waals surface area contributed by atoms with E-state index < -0.39 is 5.82 Å². The number of hydrogen-bond acceptors (Lipinski definition) is 2. The maximum atomic E-state index is 13.0. The standard InChI is InChI=1S/C11H8FNO/c12-11-7-9(3-1-2-6-13)4-5-10(11)8-14/h1,3-5,7-8H,2H2. The lowest BCUT2D eigenvalue weighted by atomic mass is 10.1. The van der Waals surface area contributed by atoms with Crippen molar-refractivity contribution in [3.63, 3.8) is 0 Å². The highest BCUT2D eigenvalue weighted by Crippen LogP contribution is 2.10. The van der Waals surface area contributed by atoms with E-state index in [-0.39, 0.29) is 12.0 Å². The molecule has 3 heteroatoms. The fourth-order valence-corrected chi connectivity index (χ4v) is 0.990. The third-order valence-electron chi connectivity index (χ3n) is 1.67. The number of nitriles is 1. The van der Waals surface area contributed by atoms with E-state index in [9.17, 15) is 9.18 Å². The monoisotopic (exact) mass is 189 g/mol. The highest BCUT2D eigenvalue weighted by molar-refractivity contribution is 5.75. The van der Waals surface area contributed by atoms with Crippen LogP contribution in [0.5, 0.6) is 0 Å². The van der Waals surface area contributed by atoms with Crippen LogP contribution in [0, 0.1) is 17.1 Å². The SMILES string of the molecule is N#CCC=Cc1ccc(C=O)c(F)c1. The van der Waals surface area contributed by atoms with Crippen molar-refractivity contribution >= 4 is 12.4 Å². The van der Waals surface area contributed by atoms with Gasteiger partial charge in [-0.2, -0.15) is 5.26 Å². The normalized spacial score (nSPS) is 10.0. The Bertz CT molecular complexity index is 404.